The topological polar surface area (TPSA) is 100 Å². The molecule has 1 aliphatic carbocycles. The van der Waals surface area contributed by atoms with Crippen molar-refractivity contribution in [2.75, 3.05) is 7.11 Å². The van der Waals surface area contributed by atoms with Gasteiger partial charge in [-0.05, 0) is 80.5 Å². The van der Waals surface area contributed by atoms with Crippen molar-refractivity contribution in [2.45, 2.75) is 26.4 Å². The number of nitrogens with one attached hydrogen (secondary N) is 1. The minimum absolute atomic E-state index is 0.262. The van der Waals surface area contributed by atoms with Crippen LogP contribution < -0.4 is 10.1 Å². The number of benzene rings is 1. The van der Waals surface area contributed by atoms with Crippen molar-refractivity contribution in [1.29, 1.82) is 0 Å². The average molecular weight is 435 g/mol. The zero-order chi connectivity index (χ0) is 23.3. The van der Waals surface area contributed by atoms with Crippen molar-refractivity contribution in [3.63, 3.8) is 0 Å². The molecule has 0 fully saturated rings. The van der Waals surface area contributed by atoms with Gasteiger partial charge in [-0.2, -0.15) is 4.99 Å². The number of nitrogens with zero attached hydrogens (tertiary/aromatic N) is 2. The van der Waals surface area contributed by atoms with Crippen LogP contribution in [0.3, 0.4) is 0 Å². The lowest BCUT2D eigenvalue weighted by molar-refractivity contribution is 0.0105. The van der Waals surface area contributed by atoms with Crippen LogP contribution in [-0.2, 0) is 4.74 Å². The van der Waals surface area contributed by atoms with Crippen molar-refractivity contribution in [3.8, 4) is 5.75 Å². The highest BCUT2D eigenvalue weighted by molar-refractivity contribution is 6.16. The van der Waals surface area contributed by atoms with E-state index in [4.69, 9.17) is 9.47 Å². The zero-order valence-corrected chi connectivity index (χ0v) is 18.3. The molecule has 0 saturated carbocycles. The highest BCUT2D eigenvalue weighted by Gasteiger charge is 2.20. The van der Waals surface area contributed by atoms with Gasteiger partial charge in [0.15, 0.2) is 0 Å². The Kier molecular flexibility index (Phi) is 6.75. The van der Waals surface area contributed by atoms with Gasteiger partial charge < -0.3 is 14.8 Å². The van der Waals surface area contributed by atoms with Crippen LogP contribution in [0.2, 0.25) is 0 Å². The van der Waals surface area contributed by atoms with Gasteiger partial charge in [0, 0.05) is 18.0 Å². The fourth-order valence-corrected chi connectivity index (χ4v) is 2.84. The fraction of sp³-hybridized carbons (Fsp3) is 0.208. The minimum Gasteiger partial charge on any atom is -0.497 e. The molecular formula is C24H25N3O5. The molecule has 2 amide bonds. The number of methoxy groups -OCH3 is 1. The van der Waals surface area contributed by atoms with Gasteiger partial charge in [-0.1, -0.05) is 6.08 Å². The SMILES string of the molecule is COc1ccc(C(=O)NC2=CC(=C3C=CN(O)C=C3)C=CC2=NC(=O)OC(C)(C)C)cc1. The lowest BCUT2D eigenvalue weighted by atomic mass is 9.99. The molecule has 0 saturated heterocycles. The Hall–Kier alpha value is -3.91. The van der Waals surface area contributed by atoms with Crippen molar-refractivity contribution in [1.82, 2.24) is 10.4 Å². The predicted octanol–water partition coefficient (Wildman–Crippen LogP) is 4.28. The summed E-state index contributed by atoms with van der Waals surface area (Å²) in [5, 5.41) is 13.2. The van der Waals surface area contributed by atoms with Crippen molar-refractivity contribution < 1.29 is 24.3 Å². The normalized spacial score (nSPS) is 16.8. The molecule has 1 aliphatic heterocycles. The summed E-state index contributed by atoms with van der Waals surface area (Å²) in [6, 6.07) is 6.65. The van der Waals surface area contributed by atoms with E-state index < -0.39 is 11.7 Å². The van der Waals surface area contributed by atoms with Crippen LogP contribution in [0.4, 0.5) is 4.79 Å². The fourth-order valence-electron chi connectivity index (χ4n) is 2.84. The molecule has 0 unspecified atom stereocenters. The maximum Gasteiger partial charge on any atom is 0.434 e. The number of carbonyl (C=O) groups is 2. The molecule has 1 aromatic rings. The molecule has 32 heavy (non-hydrogen) atoms. The van der Waals surface area contributed by atoms with E-state index in [0.717, 1.165) is 16.2 Å². The molecule has 8 heteroatoms. The Labute approximate surface area is 186 Å². The molecule has 3 rings (SSSR count). The van der Waals surface area contributed by atoms with Crippen LogP contribution in [0.25, 0.3) is 0 Å². The van der Waals surface area contributed by atoms with E-state index >= 15 is 0 Å². The monoisotopic (exact) mass is 435 g/mol. The Bertz CT molecular complexity index is 1070. The molecule has 2 aliphatic rings. The minimum atomic E-state index is -0.758. The van der Waals surface area contributed by atoms with Gasteiger partial charge >= 0.3 is 6.09 Å². The van der Waals surface area contributed by atoms with Gasteiger partial charge in [0.2, 0.25) is 0 Å². The third-order valence-electron chi connectivity index (χ3n) is 4.35. The number of hydrogen-bond acceptors (Lipinski definition) is 6. The molecule has 166 valence electrons. The Balaban J connectivity index is 1.93. The van der Waals surface area contributed by atoms with Gasteiger partial charge in [-0.15, -0.1) is 0 Å². The Morgan fingerprint density at radius 2 is 1.66 bits per heavy atom. The van der Waals surface area contributed by atoms with E-state index in [1.165, 1.54) is 12.4 Å². The largest absolute Gasteiger partial charge is 0.497 e. The molecule has 0 radical (unpaired) electrons. The molecule has 0 spiro atoms. The first-order valence-electron chi connectivity index (χ1n) is 9.90. The predicted molar refractivity (Wildman–Crippen MR) is 120 cm³/mol. The number of rotatable bonds is 3. The summed E-state index contributed by atoms with van der Waals surface area (Å²) >= 11 is 0. The molecule has 0 atom stereocenters. The number of amides is 2. The summed E-state index contributed by atoms with van der Waals surface area (Å²) in [6.07, 6.45) is 10.8. The van der Waals surface area contributed by atoms with E-state index in [9.17, 15) is 14.8 Å². The smallest absolute Gasteiger partial charge is 0.434 e. The summed E-state index contributed by atoms with van der Waals surface area (Å²) in [7, 11) is 1.55. The molecular weight excluding hydrogens is 410 g/mol. The van der Waals surface area contributed by atoms with Gasteiger partial charge in [0.25, 0.3) is 5.91 Å². The van der Waals surface area contributed by atoms with Gasteiger partial charge in [-0.3, -0.25) is 10.0 Å². The van der Waals surface area contributed by atoms with Gasteiger partial charge in [0.1, 0.15) is 11.4 Å². The Morgan fingerprint density at radius 3 is 2.25 bits per heavy atom. The lowest BCUT2D eigenvalue weighted by Gasteiger charge is -2.19. The maximum atomic E-state index is 12.8. The van der Waals surface area contributed by atoms with Crippen LogP contribution >= 0.6 is 0 Å². The molecule has 0 bridgehead atoms. The molecule has 8 nitrogen and oxygen atoms in total. The van der Waals surface area contributed by atoms with E-state index in [1.54, 1.807) is 82.5 Å². The summed E-state index contributed by atoms with van der Waals surface area (Å²) in [6.45, 7) is 5.25. The highest BCUT2D eigenvalue weighted by atomic mass is 16.6. The van der Waals surface area contributed by atoms with E-state index in [0.29, 0.717) is 17.0 Å². The summed E-state index contributed by atoms with van der Waals surface area (Å²) in [4.78, 5) is 29.1. The lowest BCUT2D eigenvalue weighted by Crippen LogP contribution is -2.29. The standard InChI is InChI=1S/C24H25N3O5/c1-24(2,3)32-23(29)26-20-10-7-18(16-11-13-27(30)14-12-16)15-21(20)25-22(28)17-5-8-19(31-4)9-6-17/h5-15,30H,1-4H3,(H,25,28). The Morgan fingerprint density at radius 1 is 1.00 bits per heavy atom. The van der Waals surface area contributed by atoms with Gasteiger partial charge in [0.05, 0.1) is 18.5 Å². The molecule has 2 N–H and O–H groups in total. The number of allylic oxidation sites excluding steroid dienone is 7. The zero-order valence-electron chi connectivity index (χ0n) is 18.3. The maximum absolute atomic E-state index is 12.8. The molecule has 0 aromatic heterocycles. The van der Waals surface area contributed by atoms with Crippen LogP contribution in [0.5, 0.6) is 5.75 Å². The van der Waals surface area contributed by atoms with Crippen LogP contribution in [-0.4, -0.2) is 40.7 Å². The first-order chi connectivity index (χ1) is 15.1. The number of aliphatic imine (C=N–C) groups is 1. The van der Waals surface area contributed by atoms with E-state index in [-0.39, 0.29) is 11.6 Å². The molecule has 1 aromatic carbocycles. The van der Waals surface area contributed by atoms with Crippen LogP contribution in [0, 0.1) is 0 Å². The van der Waals surface area contributed by atoms with E-state index in [2.05, 4.69) is 10.3 Å². The van der Waals surface area contributed by atoms with Crippen LogP contribution in [0.15, 0.2) is 88.9 Å². The summed E-state index contributed by atoms with van der Waals surface area (Å²) in [5.74, 6) is 0.265. The second-order valence-corrected chi connectivity index (χ2v) is 7.97. The van der Waals surface area contributed by atoms with Crippen LogP contribution in [0.1, 0.15) is 31.1 Å². The second-order valence-electron chi connectivity index (χ2n) is 7.97. The third kappa shape index (κ3) is 6.05. The summed E-state index contributed by atoms with van der Waals surface area (Å²) < 4.78 is 10.4. The van der Waals surface area contributed by atoms with E-state index in [1.807, 2.05) is 0 Å². The summed E-state index contributed by atoms with van der Waals surface area (Å²) in [5.41, 5.74) is 1.89. The van der Waals surface area contributed by atoms with Crippen molar-refractivity contribution in [2.24, 2.45) is 4.99 Å². The second kappa shape index (κ2) is 9.49. The highest BCUT2D eigenvalue weighted by Crippen LogP contribution is 2.22. The quantitative estimate of drug-likeness (QED) is 0.735. The number of carbonyl (C=O) groups excluding carboxylic acids is 2. The third-order valence-corrected chi connectivity index (χ3v) is 4.35. The number of hydroxylamine groups is 2. The van der Waals surface area contributed by atoms with Gasteiger partial charge in [-0.25, -0.2) is 9.86 Å². The van der Waals surface area contributed by atoms with Crippen molar-refractivity contribution in [3.05, 3.63) is 89.5 Å². The number of ether oxygens (including phenoxy) is 2. The first kappa shape index (κ1) is 22.8. The number of hydrogen-bond donors (Lipinski definition) is 2. The van der Waals surface area contributed by atoms with Crippen molar-refractivity contribution >= 4 is 17.7 Å². The first-order valence-corrected chi connectivity index (χ1v) is 9.90. The average Bonchev–Trinajstić information content (AvgIpc) is 2.74. The molecule has 1 heterocycles.